The first-order valence-electron chi connectivity index (χ1n) is 7.28. The third kappa shape index (κ3) is 4.81. The molecule has 0 spiro atoms. The number of rotatable bonds is 3. The van der Waals surface area contributed by atoms with Crippen molar-refractivity contribution in [3.63, 3.8) is 0 Å². The van der Waals surface area contributed by atoms with E-state index in [4.69, 9.17) is 19.7 Å². The lowest BCUT2D eigenvalue weighted by molar-refractivity contribution is 0.962. The first-order chi connectivity index (χ1) is 9.57. The number of benzene rings is 1. The van der Waals surface area contributed by atoms with Crippen LogP contribution >= 0.6 is 0 Å². The smallest absolute Gasteiger partial charge is 0.216 e. The van der Waals surface area contributed by atoms with Gasteiger partial charge in [0.15, 0.2) is 0 Å². The summed E-state index contributed by atoms with van der Waals surface area (Å²) in [5, 5.41) is 0. The van der Waals surface area contributed by atoms with E-state index in [-0.39, 0.29) is 23.4 Å². The quantitative estimate of drug-likeness (QED) is 0.575. The van der Waals surface area contributed by atoms with Gasteiger partial charge < -0.3 is 11.5 Å². The van der Waals surface area contributed by atoms with E-state index in [1.165, 1.54) is 19.1 Å². The number of hydrogen-bond acceptors (Lipinski definition) is 1. The fourth-order valence-corrected chi connectivity index (χ4v) is 0.773. The van der Waals surface area contributed by atoms with Crippen molar-refractivity contribution in [2.24, 2.45) is 21.5 Å². The number of guanidine groups is 1. The average Bonchev–Trinajstić information content (AvgIpc) is 2.34. The van der Waals surface area contributed by atoms with Gasteiger partial charge in [-0.05, 0) is 18.9 Å². The van der Waals surface area contributed by atoms with E-state index in [2.05, 4.69) is 9.98 Å². The van der Waals surface area contributed by atoms with Crippen LogP contribution < -0.4 is 11.5 Å². The van der Waals surface area contributed by atoms with Crippen LogP contribution in [0.5, 0.6) is 0 Å². The summed E-state index contributed by atoms with van der Waals surface area (Å²) in [6.07, 6.45) is -2.36. The molecule has 1 aromatic rings. The van der Waals surface area contributed by atoms with E-state index in [1.54, 1.807) is 0 Å². The Hall–Kier alpha value is -1.84. The van der Waals surface area contributed by atoms with Crippen molar-refractivity contribution < 1.29 is 8.22 Å². The van der Waals surface area contributed by atoms with Crippen LogP contribution in [0.2, 0.25) is 0 Å². The van der Waals surface area contributed by atoms with E-state index >= 15 is 0 Å². The number of amidine groups is 1. The molecule has 0 bridgehead atoms. The van der Waals surface area contributed by atoms with Crippen molar-refractivity contribution in [2.75, 3.05) is 6.52 Å². The number of aryl methyl sites for hydroxylation is 1. The molecule has 1 unspecified atom stereocenters. The summed E-state index contributed by atoms with van der Waals surface area (Å²) < 4.78 is 46.3. The lowest BCUT2D eigenvalue weighted by Crippen LogP contribution is -2.16. The van der Waals surface area contributed by atoms with Crippen LogP contribution in [0.4, 0.5) is 0 Å². The Morgan fingerprint density at radius 3 is 3.07 bits per heavy atom. The zero-order chi connectivity index (χ0) is 16.4. The summed E-state index contributed by atoms with van der Waals surface area (Å²) in [4.78, 5) is 7.19. The minimum atomic E-state index is -2.36. The van der Waals surface area contributed by atoms with Crippen LogP contribution in [0.3, 0.4) is 0 Å². The molecule has 0 aromatic heterocycles. The maximum Gasteiger partial charge on any atom is 0.216 e. The molecule has 0 fully saturated rings. The Morgan fingerprint density at radius 1 is 1.53 bits per heavy atom. The van der Waals surface area contributed by atoms with E-state index < -0.39 is 25.0 Å². The van der Waals surface area contributed by atoms with Crippen molar-refractivity contribution in [1.29, 1.82) is 0 Å². The minimum Gasteiger partial charge on any atom is -0.387 e. The highest BCUT2D eigenvalue weighted by atomic mass is 15.1. The van der Waals surface area contributed by atoms with Crippen molar-refractivity contribution >= 4 is 11.8 Å². The second-order valence-electron chi connectivity index (χ2n) is 2.66. The SMILES string of the molecule is [2H]c1ccc(C([2H])([2H])C([2H])N=C(N)N=C(C)N)c([2H])c1[2H]. The van der Waals surface area contributed by atoms with Crippen LogP contribution in [-0.4, -0.2) is 18.3 Å². The molecular weight excluding hydrogens is 188 g/mol. The van der Waals surface area contributed by atoms with E-state index in [0.717, 1.165) is 0 Å². The van der Waals surface area contributed by atoms with Gasteiger partial charge in [0.1, 0.15) is 0 Å². The van der Waals surface area contributed by atoms with Crippen LogP contribution in [0, 0.1) is 0 Å². The number of nitrogens with two attached hydrogens (primary N) is 2. The molecule has 4 N–H and O–H groups in total. The molecule has 1 rings (SSSR count). The van der Waals surface area contributed by atoms with Crippen molar-refractivity contribution in [3.8, 4) is 0 Å². The molecule has 0 radical (unpaired) electrons. The molecule has 4 heteroatoms. The van der Waals surface area contributed by atoms with Crippen LogP contribution in [-0.2, 0) is 6.37 Å². The lowest BCUT2D eigenvalue weighted by Gasteiger charge is -1.97. The summed E-state index contributed by atoms with van der Waals surface area (Å²) in [6, 6.07) is 1.36. The van der Waals surface area contributed by atoms with Gasteiger partial charge in [-0.15, -0.1) is 0 Å². The Balaban J connectivity index is 3.22. The minimum absolute atomic E-state index is 0.122. The normalized spacial score (nSPS) is 21.7. The molecule has 0 aliphatic rings. The second kappa shape index (κ2) is 5.80. The standard InChI is InChI=1S/C11H16N4/c1-9(12)15-11(13)14-8-7-10-5-3-2-4-6-10/h2-6H,7-8H2,1H3,(H4,12,13,14,15)/i2D,3D,5D,7D2,8D. The first kappa shape index (κ1) is 5.30. The monoisotopic (exact) mass is 210 g/mol. The van der Waals surface area contributed by atoms with E-state index in [9.17, 15) is 0 Å². The van der Waals surface area contributed by atoms with Gasteiger partial charge in [0.2, 0.25) is 5.96 Å². The Kier molecular flexibility index (Phi) is 2.05. The van der Waals surface area contributed by atoms with Gasteiger partial charge in [0, 0.05) is 9.26 Å². The topological polar surface area (TPSA) is 76.8 Å². The van der Waals surface area contributed by atoms with Gasteiger partial charge >= 0.3 is 0 Å². The van der Waals surface area contributed by atoms with Gasteiger partial charge in [-0.1, -0.05) is 30.3 Å². The third-order valence-corrected chi connectivity index (χ3v) is 1.31. The average molecular weight is 210 g/mol. The third-order valence-electron chi connectivity index (χ3n) is 1.31. The Morgan fingerprint density at radius 2 is 2.33 bits per heavy atom. The zero-order valence-electron chi connectivity index (χ0n) is 14.3. The molecular formula is C11H16N4. The highest BCUT2D eigenvalue weighted by molar-refractivity contribution is 5.93. The van der Waals surface area contributed by atoms with E-state index in [1.807, 2.05) is 0 Å². The van der Waals surface area contributed by atoms with Gasteiger partial charge in [-0.3, -0.25) is 4.99 Å². The number of hydrogen-bond donors (Lipinski definition) is 2. The van der Waals surface area contributed by atoms with Crippen molar-refractivity contribution in [1.82, 2.24) is 0 Å². The second-order valence-corrected chi connectivity index (χ2v) is 2.66. The number of nitrogens with zero attached hydrogens (tertiary/aromatic N) is 2. The maximum absolute atomic E-state index is 7.93. The highest BCUT2D eigenvalue weighted by Crippen LogP contribution is 1.99. The van der Waals surface area contributed by atoms with Crippen LogP contribution in [0.25, 0.3) is 0 Å². The van der Waals surface area contributed by atoms with Gasteiger partial charge in [0.25, 0.3) is 0 Å². The van der Waals surface area contributed by atoms with Gasteiger partial charge in [-0.2, -0.15) is 0 Å². The fraction of sp³-hybridized carbons (Fsp3) is 0.273. The van der Waals surface area contributed by atoms with Crippen molar-refractivity contribution in [2.45, 2.75) is 13.3 Å². The lowest BCUT2D eigenvalue weighted by atomic mass is 10.2. The molecule has 1 atom stereocenters. The molecule has 0 aliphatic carbocycles. The summed E-state index contributed by atoms with van der Waals surface area (Å²) in [5.74, 6) is -0.217. The summed E-state index contributed by atoms with van der Waals surface area (Å²) in [6.45, 7) is -0.210. The predicted molar refractivity (Wildman–Crippen MR) is 63.9 cm³/mol. The fourth-order valence-electron chi connectivity index (χ4n) is 0.773. The number of aliphatic imine (C=N–C) groups is 2. The molecule has 80 valence electrons. The molecule has 1 aromatic carbocycles. The Labute approximate surface area is 98.2 Å². The molecule has 0 heterocycles. The maximum atomic E-state index is 7.93. The molecule has 15 heavy (non-hydrogen) atoms. The Bertz CT molecular complexity index is 595. The van der Waals surface area contributed by atoms with Gasteiger partial charge in [-0.25, -0.2) is 4.99 Å². The summed E-state index contributed by atoms with van der Waals surface area (Å²) >= 11 is 0. The van der Waals surface area contributed by atoms with E-state index in [0.29, 0.717) is 0 Å². The summed E-state index contributed by atoms with van der Waals surface area (Å²) in [7, 11) is 0. The largest absolute Gasteiger partial charge is 0.387 e. The zero-order valence-corrected chi connectivity index (χ0v) is 8.28. The summed E-state index contributed by atoms with van der Waals surface area (Å²) in [5.41, 5.74) is 10.5. The molecule has 0 amide bonds. The molecule has 0 saturated heterocycles. The molecule has 0 saturated carbocycles. The highest BCUT2D eigenvalue weighted by Gasteiger charge is 1.91. The van der Waals surface area contributed by atoms with Crippen molar-refractivity contribution in [3.05, 3.63) is 35.8 Å². The first-order valence-corrected chi connectivity index (χ1v) is 4.21. The molecule has 4 nitrogen and oxygen atoms in total. The molecule has 0 aliphatic heterocycles. The van der Waals surface area contributed by atoms with Crippen LogP contribution in [0.1, 0.15) is 20.7 Å². The van der Waals surface area contributed by atoms with Crippen LogP contribution in [0.15, 0.2) is 40.2 Å². The predicted octanol–water partition coefficient (Wildman–Crippen LogP) is 0.921. The van der Waals surface area contributed by atoms with Gasteiger partial charge in [0.05, 0.1) is 11.3 Å².